The molecule has 2 heterocycles. The number of primary amides is 1. The van der Waals surface area contributed by atoms with Crippen molar-refractivity contribution in [3.63, 3.8) is 0 Å². The van der Waals surface area contributed by atoms with Crippen LogP contribution in [0.5, 0.6) is 0 Å². The van der Waals surface area contributed by atoms with Crippen molar-refractivity contribution >= 4 is 34.9 Å². The van der Waals surface area contributed by atoms with Gasteiger partial charge in [-0.15, -0.1) is 0 Å². The fourth-order valence-electron chi connectivity index (χ4n) is 5.81. The van der Waals surface area contributed by atoms with E-state index in [0.29, 0.717) is 38.5 Å². The standard InChI is InChI=1S/C27H28Cl2N4O2/c1-15-19-7-6-17(25(30)35)12-18(19)13-27(15)8-10-33(11-9-27)26-22(14-34)32-24(16(2)31-26)20-4-3-5-21(28)23(20)29/h3-7,12,15,34H,8-11,13-14H2,1-2H3,(H2,30,35)/t15-/m1/s1. The zero-order valence-corrected chi connectivity index (χ0v) is 21.3. The molecule has 2 aliphatic rings. The Bertz CT molecular complexity index is 1320. The van der Waals surface area contributed by atoms with Gasteiger partial charge in [-0.25, -0.2) is 9.97 Å². The normalized spacial score (nSPS) is 18.7. The maximum Gasteiger partial charge on any atom is 0.248 e. The van der Waals surface area contributed by atoms with Gasteiger partial charge in [0.1, 0.15) is 5.69 Å². The molecule has 0 unspecified atom stereocenters. The predicted octanol–water partition coefficient (Wildman–Crippen LogP) is 5.30. The first-order valence-electron chi connectivity index (χ1n) is 11.8. The van der Waals surface area contributed by atoms with Crippen molar-refractivity contribution in [2.45, 2.75) is 45.6 Å². The topological polar surface area (TPSA) is 92.3 Å². The highest BCUT2D eigenvalue weighted by molar-refractivity contribution is 6.43. The lowest BCUT2D eigenvalue weighted by molar-refractivity contribution is 0.1000. The number of amides is 1. The van der Waals surface area contributed by atoms with Gasteiger partial charge in [-0.1, -0.05) is 48.3 Å². The molecule has 1 saturated heterocycles. The average molecular weight is 511 g/mol. The molecular formula is C27H28Cl2N4O2. The van der Waals surface area contributed by atoms with E-state index >= 15 is 0 Å². The van der Waals surface area contributed by atoms with E-state index in [1.165, 1.54) is 11.1 Å². The SMILES string of the molecule is Cc1nc(N2CCC3(CC2)Cc2cc(C(N)=O)ccc2[C@H]3C)c(CO)nc1-c1cccc(Cl)c1Cl. The molecule has 35 heavy (non-hydrogen) atoms. The molecule has 5 rings (SSSR count). The van der Waals surface area contributed by atoms with Crippen molar-refractivity contribution in [2.24, 2.45) is 11.1 Å². The van der Waals surface area contributed by atoms with Gasteiger partial charge in [0.05, 0.1) is 28.0 Å². The average Bonchev–Trinajstić information content (AvgIpc) is 3.11. The number of rotatable bonds is 4. The van der Waals surface area contributed by atoms with E-state index in [1.54, 1.807) is 6.07 Å². The van der Waals surface area contributed by atoms with Crippen LogP contribution in [0.2, 0.25) is 10.0 Å². The predicted molar refractivity (Wildman–Crippen MR) is 139 cm³/mol. The van der Waals surface area contributed by atoms with Crippen molar-refractivity contribution in [2.75, 3.05) is 18.0 Å². The molecule has 0 radical (unpaired) electrons. The van der Waals surface area contributed by atoms with Gasteiger partial charge in [0.25, 0.3) is 0 Å². The lowest BCUT2D eigenvalue weighted by Gasteiger charge is -2.43. The number of aromatic nitrogens is 2. The van der Waals surface area contributed by atoms with E-state index in [-0.39, 0.29) is 17.9 Å². The van der Waals surface area contributed by atoms with E-state index < -0.39 is 0 Å². The van der Waals surface area contributed by atoms with Crippen molar-refractivity contribution in [3.8, 4) is 11.3 Å². The van der Waals surface area contributed by atoms with Crippen LogP contribution in [-0.2, 0) is 13.0 Å². The summed E-state index contributed by atoms with van der Waals surface area (Å²) in [5.41, 5.74) is 11.4. The molecule has 182 valence electrons. The summed E-state index contributed by atoms with van der Waals surface area (Å²) in [4.78, 5) is 23.5. The minimum Gasteiger partial charge on any atom is -0.390 e. The molecule has 2 aromatic carbocycles. The van der Waals surface area contributed by atoms with Crippen LogP contribution >= 0.6 is 23.2 Å². The number of hydrogen-bond donors (Lipinski definition) is 2. The van der Waals surface area contributed by atoms with Gasteiger partial charge in [-0.3, -0.25) is 4.79 Å². The molecule has 1 fully saturated rings. The monoisotopic (exact) mass is 510 g/mol. The van der Waals surface area contributed by atoms with Crippen molar-refractivity contribution < 1.29 is 9.90 Å². The first kappa shape index (κ1) is 24.0. The molecule has 1 atom stereocenters. The highest BCUT2D eigenvalue weighted by atomic mass is 35.5. The van der Waals surface area contributed by atoms with Crippen molar-refractivity contribution in [1.82, 2.24) is 9.97 Å². The molecule has 8 heteroatoms. The molecule has 1 spiro atoms. The number of fused-ring (bicyclic) bond motifs is 1. The zero-order chi connectivity index (χ0) is 24.9. The summed E-state index contributed by atoms with van der Waals surface area (Å²) in [6.45, 7) is 5.62. The molecule has 1 amide bonds. The summed E-state index contributed by atoms with van der Waals surface area (Å²) in [5, 5.41) is 11.0. The smallest absolute Gasteiger partial charge is 0.248 e. The van der Waals surface area contributed by atoms with Gasteiger partial charge in [-0.05, 0) is 66.8 Å². The highest BCUT2D eigenvalue weighted by Gasteiger charge is 2.45. The second-order valence-electron chi connectivity index (χ2n) is 9.71. The molecule has 0 bridgehead atoms. The second kappa shape index (κ2) is 9.08. The summed E-state index contributed by atoms with van der Waals surface area (Å²) in [6.07, 6.45) is 2.92. The van der Waals surface area contributed by atoms with Gasteiger partial charge < -0.3 is 15.7 Å². The van der Waals surface area contributed by atoms with E-state index in [0.717, 1.165) is 43.9 Å². The minimum atomic E-state index is -0.385. The Hall–Kier alpha value is -2.67. The van der Waals surface area contributed by atoms with Crippen LogP contribution < -0.4 is 10.6 Å². The Morgan fingerprint density at radius 1 is 1.20 bits per heavy atom. The molecule has 3 aromatic rings. The van der Waals surface area contributed by atoms with E-state index in [4.69, 9.17) is 38.9 Å². The number of halogens is 2. The summed E-state index contributed by atoms with van der Waals surface area (Å²) in [6, 6.07) is 11.3. The van der Waals surface area contributed by atoms with Crippen LogP contribution in [-0.4, -0.2) is 34.1 Å². The molecule has 1 aromatic heterocycles. The summed E-state index contributed by atoms with van der Waals surface area (Å²) in [7, 11) is 0. The Kier molecular flexibility index (Phi) is 6.24. The number of aliphatic hydroxyl groups is 1. The van der Waals surface area contributed by atoms with Gasteiger partial charge >= 0.3 is 0 Å². The summed E-state index contributed by atoms with van der Waals surface area (Å²) >= 11 is 12.6. The number of piperidine rings is 1. The number of nitrogens with two attached hydrogens (primary N) is 1. The molecule has 0 saturated carbocycles. The molecule has 1 aliphatic carbocycles. The quantitative estimate of drug-likeness (QED) is 0.496. The fourth-order valence-corrected chi connectivity index (χ4v) is 6.20. The van der Waals surface area contributed by atoms with Crippen LogP contribution in [0, 0.1) is 12.3 Å². The number of carbonyl (C=O) groups excluding carboxylic acids is 1. The number of benzene rings is 2. The number of nitrogens with zero attached hydrogens (tertiary/aromatic N) is 3. The van der Waals surface area contributed by atoms with Crippen molar-refractivity contribution in [1.29, 1.82) is 0 Å². The number of hydrogen-bond acceptors (Lipinski definition) is 5. The zero-order valence-electron chi connectivity index (χ0n) is 19.8. The summed E-state index contributed by atoms with van der Waals surface area (Å²) < 4.78 is 0. The number of anilines is 1. The Morgan fingerprint density at radius 2 is 1.94 bits per heavy atom. The lowest BCUT2D eigenvalue weighted by atomic mass is 9.70. The van der Waals surface area contributed by atoms with Crippen LogP contribution in [0.4, 0.5) is 5.82 Å². The van der Waals surface area contributed by atoms with Crippen LogP contribution in [0.25, 0.3) is 11.3 Å². The third kappa shape index (κ3) is 4.07. The minimum absolute atomic E-state index is 0.144. The number of aryl methyl sites for hydroxylation is 1. The van der Waals surface area contributed by atoms with Crippen LogP contribution in [0.15, 0.2) is 36.4 Å². The molecule has 6 nitrogen and oxygen atoms in total. The fraction of sp³-hybridized carbons (Fsp3) is 0.370. The first-order chi connectivity index (χ1) is 16.7. The Labute approximate surface area is 215 Å². The van der Waals surface area contributed by atoms with E-state index in [9.17, 15) is 9.90 Å². The molecule has 1 aliphatic heterocycles. The lowest BCUT2D eigenvalue weighted by Crippen LogP contribution is -2.42. The number of carbonyl (C=O) groups is 1. The van der Waals surface area contributed by atoms with E-state index in [2.05, 4.69) is 17.9 Å². The third-order valence-corrected chi connectivity index (χ3v) is 8.71. The number of aliphatic hydroxyl groups excluding tert-OH is 1. The molecular weight excluding hydrogens is 483 g/mol. The molecule has 3 N–H and O–H groups in total. The highest BCUT2D eigenvalue weighted by Crippen LogP contribution is 2.53. The Morgan fingerprint density at radius 3 is 2.63 bits per heavy atom. The van der Waals surface area contributed by atoms with Crippen molar-refractivity contribution in [3.05, 3.63) is 74.5 Å². The van der Waals surface area contributed by atoms with Crippen LogP contribution in [0.1, 0.15) is 58.6 Å². The van der Waals surface area contributed by atoms with Gasteiger partial charge in [0, 0.05) is 24.2 Å². The van der Waals surface area contributed by atoms with Gasteiger partial charge in [-0.2, -0.15) is 0 Å². The summed E-state index contributed by atoms with van der Waals surface area (Å²) in [5.74, 6) is 0.740. The maximum absolute atomic E-state index is 11.7. The Balaban J connectivity index is 1.40. The largest absolute Gasteiger partial charge is 0.390 e. The first-order valence-corrected chi connectivity index (χ1v) is 12.6. The van der Waals surface area contributed by atoms with Gasteiger partial charge in [0.15, 0.2) is 5.82 Å². The second-order valence-corrected chi connectivity index (χ2v) is 10.5. The van der Waals surface area contributed by atoms with Gasteiger partial charge in [0.2, 0.25) is 5.91 Å². The van der Waals surface area contributed by atoms with E-state index in [1.807, 2.05) is 31.2 Å². The third-order valence-electron chi connectivity index (χ3n) is 7.89. The maximum atomic E-state index is 11.7. The van der Waals surface area contributed by atoms with Crippen LogP contribution in [0.3, 0.4) is 0 Å².